The van der Waals surface area contributed by atoms with Crippen LogP contribution in [0, 0.1) is 5.82 Å². The molecule has 2 aliphatic heterocycles. The largest absolute Gasteiger partial charge is 0.491 e. The van der Waals surface area contributed by atoms with E-state index in [-0.39, 0.29) is 42.8 Å². The number of pyridine rings is 1. The summed E-state index contributed by atoms with van der Waals surface area (Å²) in [5.41, 5.74) is 2.23. The van der Waals surface area contributed by atoms with E-state index in [1.807, 2.05) is 26.8 Å². The molecule has 2 saturated heterocycles. The highest BCUT2D eigenvalue weighted by atomic mass is 35.5. The average molecular weight is 563 g/mol. The minimum absolute atomic E-state index is 0.215. The molecule has 1 unspecified atom stereocenters. The lowest BCUT2D eigenvalue weighted by atomic mass is 10.1. The second-order valence-electron chi connectivity index (χ2n) is 11.1. The monoisotopic (exact) mass is 562 g/mol. The summed E-state index contributed by atoms with van der Waals surface area (Å²) in [7, 11) is 0. The van der Waals surface area contributed by atoms with Crippen molar-refractivity contribution in [1.82, 2.24) is 15.0 Å². The predicted molar refractivity (Wildman–Crippen MR) is 141 cm³/mol. The number of rotatable bonds is 8. The molecule has 210 valence electrons. The molecule has 0 amide bonds. The van der Waals surface area contributed by atoms with Crippen LogP contribution in [-0.2, 0) is 20.6 Å². The number of aliphatic hydroxyl groups excluding tert-OH is 1. The molecule has 5 atom stereocenters. The molecule has 12 heteroatoms. The van der Waals surface area contributed by atoms with Crippen LogP contribution in [0.3, 0.4) is 0 Å². The molecule has 2 fully saturated rings. The van der Waals surface area contributed by atoms with Gasteiger partial charge in [0.25, 0.3) is 6.01 Å². The number of anilines is 1. The number of nitrogens with one attached hydrogen (secondary N) is 2. The summed E-state index contributed by atoms with van der Waals surface area (Å²) in [4.78, 5) is 12.1. The number of hydrogen-bond acceptors (Lipinski definition) is 9. The Morgan fingerprint density at radius 1 is 1.15 bits per heavy atom. The van der Waals surface area contributed by atoms with Crippen molar-refractivity contribution in [2.45, 2.75) is 69.7 Å². The van der Waals surface area contributed by atoms with Crippen LogP contribution < -0.4 is 14.8 Å². The van der Waals surface area contributed by atoms with E-state index in [2.05, 4.69) is 20.3 Å². The summed E-state index contributed by atoms with van der Waals surface area (Å²) in [5, 5.41) is 13.6. The van der Waals surface area contributed by atoms with E-state index >= 15 is 4.39 Å². The van der Waals surface area contributed by atoms with E-state index in [9.17, 15) is 5.11 Å². The van der Waals surface area contributed by atoms with Crippen LogP contribution in [0.5, 0.6) is 11.8 Å². The van der Waals surface area contributed by atoms with E-state index in [0.29, 0.717) is 59.4 Å². The Morgan fingerprint density at radius 2 is 1.97 bits per heavy atom. The van der Waals surface area contributed by atoms with Gasteiger partial charge < -0.3 is 39.1 Å². The summed E-state index contributed by atoms with van der Waals surface area (Å²) in [6.45, 7) is 7.20. The number of ether oxygens (including phenoxy) is 5. The smallest absolute Gasteiger partial charge is 0.296 e. The van der Waals surface area contributed by atoms with E-state index < -0.39 is 18.3 Å². The Morgan fingerprint density at radius 3 is 2.79 bits per heavy atom. The first-order valence-corrected chi connectivity index (χ1v) is 13.5. The molecular weight excluding hydrogens is 531 g/mol. The lowest BCUT2D eigenvalue weighted by Crippen LogP contribution is -2.34. The van der Waals surface area contributed by atoms with Crippen LogP contribution in [0.1, 0.15) is 44.4 Å². The molecule has 1 aliphatic carbocycles. The van der Waals surface area contributed by atoms with Crippen molar-refractivity contribution in [2.24, 2.45) is 0 Å². The third-order valence-electron chi connectivity index (χ3n) is 7.09. The minimum atomic E-state index is -0.661. The first-order valence-electron chi connectivity index (χ1n) is 13.1. The number of H-pyrrole nitrogens is 1. The first kappa shape index (κ1) is 26.5. The third kappa shape index (κ3) is 5.51. The summed E-state index contributed by atoms with van der Waals surface area (Å²) in [6.07, 6.45) is -0.444. The molecule has 3 N–H and O–H groups in total. The molecule has 39 heavy (non-hydrogen) atoms. The summed E-state index contributed by atoms with van der Waals surface area (Å²) in [5.74, 6) is 0.561. The Bertz CT molecular complexity index is 1360. The SMILES string of the molecule is CC(C)(C)OCCOc1cc(F)c2c(c1)CCC2Nc1nc2nc(O[C@@H]3CO[C@H]4[C@@H]3OC[C@H]4O)[nH]c2cc1Cl. The van der Waals surface area contributed by atoms with Gasteiger partial charge in [0.1, 0.15) is 42.3 Å². The number of imidazole rings is 1. The maximum atomic E-state index is 15.2. The predicted octanol–water partition coefficient (Wildman–Crippen LogP) is 3.95. The first-order chi connectivity index (χ1) is 18.6. The highest BCUT2D eigenvalue weighted by molar-refractivity contribution is 6.33. The van der Waals surface area contributed by atoms with Gasteiger partial charge in [0.15, 0.2) is 11.8 Å². The zero-order valence-electron chi connectivity index (χ0n) is 22.0. The molecule has 0 radical (unpaired) electrons. The number of hydrogen-bond donors (Lipinski definition) is 3. The van der Waals surface area contributed by atoms with Crippen molar-refractivity contribution >= 4 is 28.6 Å². The summed E-state index contributed by atoms with van der Waals surface area (Å²) >= 11 is 6.54. The molecule has 0 spiro atoms. The van der Waals surface area contributed by atoms with Gasteiger partial charge >= 0.3 is 0 Å². The minimum Gasteiger partial charge on any atom is -0.491 e. The Labute approximate surface area is 230 Å². The number of aliphatic hydroxyl groups is 1. The fourth-order valence-corrected chi connectivity index (χ4v) is 5.54. The van der Waals surface area contributed by atoms with Crippen LogP contribution in [0.4, 0.5) is 10.2 Å². The van der Waals surface area contributed by atoms with Gasteiger partial charge in [-0.1, -0.05) is 11.6 Å². The zero-order valence-corrected chi connectivity index (χ0v) is 22.8. The number of benzene rings is 1. The van der Waals surface area contributed by atoms with Crippen molar-refractivity contribution in [3.05, 3.63) is 40.2 Å². The van der Waals surface area contributed by atoms with Gasteiger partial charge in [-0.3, -0.25) is 0 Å². The third-order valence-corrected chi connectivity index (χ3v) is 7.38. The van der Waals surface area contributed by atoms with Gasteiger partial charge in [-0.05, 0) is 51.3 Å². The molecule has 4 heterocycles. The molecule has 0 saturated carbocycles. The molecular formula is C27H32ClFN4O6. The number of aromatic nitrogens is 3. The van der Waals surface area contributed by atoms with Gasteiger partial charge in [-0.2, -0.15) is 4.98 Å². The quantitative estimate of drug-likeness (QED) is 0.350. The molecule has 1 aromatic carbocycles. The normalized spacial score (nSPS) is 26.2. The van der Waals surface area contributed by atoms with Gasteiger partial charge in [0.2, 0.25) is 0 Å². The molecule has 10 nitrogen and oxygen atoms in total. The van der Waals surface area contributed by atoms with Crippen LogP contribution in [-0.4, -0.2) is 76.5 Å². The number of fused-ring (bicyclic) bond motifs is 3. The standard InChI is InChI=1S/C27H32ClFN4O6/c1-27(2,3)38-7-6-35-14-8-13-4-5-17(21(13)16(29)9-14)30-24-15(28)10-18-25(32-24)33-26(31-18)39-20-12-37-22-19(34)11-36-23(20)22/h8-10,17,19-20,22-23,34H,4-7,11-12H2,1-3H3,(H2,30,31,32,33)/t17?,19-,20-,22-,23-/m1/s1. The highest BCUT2D eigenvalue weighted by Gasteiger charge is 2.48. The molecule has 2 aromatic heterocycles. The average Bonchev–Trinajstić information content (AvgIpc) is 3.63. The van der Waals surface area contributed by atoms with Crippen molar-refractivity contribution in [3.63, 3.8) is 0 Å². The maximum absolute atomic E-state index is 15.2. The van der Waals surface area contributed by atoms with E-state index in [1.165, 1.54) is 6.07 Å². The topological polar surface area (TPSA) is 120 Å². The summed E-state index contributed by atoms with van der Waals surface area (Å²) in [6, 6.07) is 4.96. The molecule has 0 bridgehead atoms. The van der Waals surface area contributed by atoms with Crippen LogP contribution >= 0.6 is 11.6 Å². The second-order valence-corrected chi connectivity index (χ2v) is 11.5. The maximum Gasteiger partial charge on any atom is 0.296 e. The van der Waals surface area contributed by atoms with E-state index in [0.717, 1.165) is 5.56 Å². The number of aromatic amines is 1. The van der Waals surface area contributed by atoms with Crippen LogP contribution in [0.2, 0.25) is 5.02 Å². The second kappa shape index (κ2) is 10.4. The fourth-order valence-electron chi connectivity index (χ4n) is 5.33. The van der Waals surface area contributed by atoms with Gasteiger partial charge in [0.05, 0.1) is 42.0 Å². The lowest BCUT2D eigenvalue weighted by Gasteiger charge is -2.20. The molecule has 3 aliphatic rings. The van der Waals surface area contributed by atoms with E-state index in [1.54, 1.807) is 6.07 Å². The Kier molecular flexibility index (Phi) is 7.05. The Balaban J connectivity index is 1.13. The van der Waals surface area contributed by atoms with Crippen molar-refractivity contribution in [3.8, 4) is 11.8 Å². The number of aryl methyl sites for hydroxylation is 1. The van der Waals surface area contributed by atoms with Gasteiger partial charge in [-0.15, -0.1) is 0 Å². The van der Waals surface area contributed by atoms with Crippen LogP contribution in [0.15, 0.2) is 18.2 Å². The Hall–Kier alpha value is -2.70. The molecule has 3 aromatic rings. The van der Waals surface area contributed by atoms with E-state index in [4.69, 9.17) is 35.3 Å². The van der Waals surface area contributed by atoms with Crippen LogP contribution in [0.25, 0.3) is 11.2 Å². The number of nitrogens with zero attached hydrogens (tertiary/aromatic N) is 2. The van der Waals surface area contributed by atoms with Crippen molar-refractivity contribution in [2.75, 3.05) is 31.7 Å². The van der Waals surface area contributed by atoms with Crippen molar-refractivity contribution < 1.29 is 33.2 Å². The van der Waals surface area contributed by atoms with Gasteiger partial charge in [-0.25, -0.2) is 9.37 Å². The van der Waals surface area contributed by atoms with Gasteiger partial charge in [0, 0.05) is 11.6 Å². The van der Waals surface area contributed by atoms with Crippen molar-refractivity contribution in [1.29, 1.82) is 0 Å². The lowest BCUT2D eigenvalue weighted by molar-refractivity contribution is -0.0163. The fraction of sp³-hybridized carbons (Fsp3) is 0.556. The number of halogens is 2. The highest BCUT2D eigenvalue weighted by Crippen LogP contribution is 2.39. The molecule has 6 rings (SSSR count). The zero-order chi connectivity index (χ0) is 27.3. The summed E-state index contributed by atoms with van der Waals surface area (Å²) < 4.78 is 43.8.